The molecular weight excluding hydrogens is 216 g/mol. The van der Waals surface area contributed by atoms with Crippen LogP contribution in [0.25, 0.3) is 0 Å². The van der Waals surface area contributed by atoms with E-state index in [4.69, 9.17) is 5.73 Å². The minimum absolute atomic E-state index is 0.149. The van der Waals surface area contributed by atoms with E-state index >= 15 is 0 Å². The van der Waals surface area contributed by atoms with Gasteiger partial charge >= 0.3 is 0 Å². The standard InChI is InChI=1S/C12H22N4O/c1-11(2,3)7-12(4,5)15-10(17)9-8(13)6-14-16-9/h6H,7,13H2,1-5H3,(H,14,16)(H,15,17). The van der Waals surface area contributed by atoms with Crippen LogP contribution in [0.15, 0.2) is 6.20 Å². The number of H-pyrrole nitrogens is 1. The number of carbonyl (C=O) groups excluding carboxylic acids is 1. The first-order valence-electron chi connectivity index (χ1n) is 5.72. The first kappa shape index (κ1) is 13.5. The summed E-state index contributed by atoms with van der Waals surface area (Å²) in [5.74, 6) is -0.214. The molecule has 1 aromatic heterocycles. The smallest absolute Gasteiger partial charge is 0.271 e. The number of aromatic amines is 1. The minimum atomic E-state index is -0.285. The van der Waals surface area contributed by atoms with Crippen LogP contribution in [0.5, 0.6) is 0 Å². The number of nitrogen functional groups attached to an aromatic ring is 1. The van der Waals surface area contributed by atoms with Gasteiger partial charge in [0.2, 0.25) is 0 Å². The fourth-order valence-corrected chi connectivity index (χ4v) is 2.22. The number of amides is 1. The highest BCUT2D eigenvalue weighted by Gasteiger charge is 2.28. The molecule has 0 atom stereocenters. The van der Waals surface area contributed by atoms with Gasteiger partial charge in [-0.2, -0.15) is 5.10 Å². The maximum Gasteiger partial charge on any atom is 0.271 e. The lowest BCUT2D eigenvalue weighted by Crippen LogP contribution is -2.46. The summed E-state index contributed by atoms with van der Waals surface area (Å²) in [6.45, 7) is 10.4. The molecule has 1 aromatic rings. The predicted molar refractivity (Wildman–Crippen MR) is 68.6 cm³/mol. The van der Waals surface area contributed by atoms with Crippen LogP contribution in [0, 0.1) is 5.41 Å². The number of anilines is 1. The molecule has 0 saturated heterocycles. The zero-order valence-corrected chi connectivity index (χ0v) is 11.2. The van der Waals surface area contributed by atoms with Crippen LogP contribution >= 0.6 is 0 Å². The Balaban J connectivity index is 2.72. The van der Waals surface area contributed by atoms with Crippen LogP contribution in [0.4, 0.5) is 5.69 Å². The second-order valence-electron chi connectivity index (χ2n) is 6.28. The Morgan fingerprint density at radius 3 is 2.41 bits per heavy atom. The molecule has 4 N–H and O–H groups in total. The summed E-state index contributed by atoms with van der Waals surface area (Å²) >= 11 is 0. The van der Waals surface area contributed by atoms with Crippen molar-refractivity contribution in [1.82, 2.24) is 15.5 Å². The Kier molecular flexibility index (Phi) is 3.50. The maximum atomic E-state index is 12.0. The molecule has 96 valence electrons. The molecule has 1 rings (SSSR count). The molecule has 1 heterocycles. The fourth-order valence-electron chi connectivity index (χ4n) is 2.22. The van der Waals surface area contributed by atoms with Crippen LogP contribution in [-0.4, -0.2) is 21.6 Å². The number of aromatic nitrogens is 2. The largest absolute Gasteiger partial charge is 0.396 e. The molecule has 0 saturated carbocycles. The summed E-state index contributed by atoms with van der Waals surface area (Å²) in [5, 5.41) is 9.31. The first-order chi connectivity index (χ1) is 7.61. The lowest BCUT2D eigenvalue weighted by molar-refractivity contribution is 0.0887. The molecule has 5 nitrogen and oxygen atoms in total. The predicted octanol–water partition coefficient (Wildman–Crippen LogP) is 1.94. The molecule has 0 fully saturated rings. The van der Waals surface area contributed by atoms with Gasteiger partial charge < -0.3 is 11.1 Å². The van der Waals surface area contributed by atoms with Crippen LogP contribution in [0.2, 0.25) is 0 Å². The Morgan fingerprint density at radius 1 is 1.41 bits per heavy atom. The highest BCUT2D eigenvalue weighted by Crippen LogP contribution is 2.27. The second kappa shape index (κ2) is 4.39. The fraction of sp³-hybridized carbons (Fsp3) is 0.667. The van der Waals surface area contributed by atoms with Crippen molar-refractivity contribution in [2.45, 2.75) is 46.6 Å². The molecule has 17 heavy (non-hydrogen) atoms. The molecule has 0 bridgehead atoms. The van der Waals surface area contributed by atoms with Gasteiger partial charge in [-0.05, 0) is 25.7 Å². The molecule has 0 aliphatic carbocycles. The topological polar surface area (TPSA) is 83.8 Å². The molecule has 0 aliphatic heterocycles. The molecule has 0 aromatic carbocycles. The number of nitrogens with two attached hydrogens (primary N) is 1. The Bertz CT molecular complexity index is 401. The van der Waals surface area contributed by atoms with Gasteiger partial charge in [0.05, 0.1) is 11.9 Å². The maximum absolute atomic E-state index is 12.0. The molecule has 1 amide bonds. The summed E-state index contributed by atoms with van der Waals surface area (Å²) < 4.78 is 0. The molecule has 5 heteroatoms. The van der Waals surface area contributed by atoms with Crippen molar-refractivity contribution in [2.75, 3.05) is 5.73 Å². The van der Waals surface area contributed by atoms with Gasteiger partial charge in [-0.1, -0.05) is 20.8 Å². The molecule has 0 unspecified atom stereocenters. The number of rotatable bonds is 3. The van der Waals surface area contributed by atoms with E-state index in [-0.39, 0.29) is 16.9 Å². The molecular formula is C12H22N4O. The number of nitrogens with zero attached hydrogens (tertiary/aromatic N) is 1. The quantitative estimate of drug-likeness (QED) is 0.752. The van der Waals surface area contributed by atoms with Gasteiger partial charge in [-0.25, -0.2) is 0 Å². The van der Waals surface area contributed by atoms with Crippen molar-refractivity contribution in [3.05, 3.63) is 11.9 Å². The number of hydrogen-bond acceptors (Lipinski definition) is 3. The molecule has 0 spiro atoms. The summed E-state index contributed by atoms with van der Waals surface area (Å²) in [6.07, 6.45) is 2.31. The zero-order valence-electron chi connectivity index (χ0n) is 11.2. The summed E-state index contributed by atoms with van der Waals surface area (Å²) in [5.41, 5.74) is 6.19. The Labute approximate surface area is 102 Å². The van der Waals surface area contributed by atoms with Crippen LogP contribution < -0.4 is 11.1 Å². The van der Waals surface area contributed by atoms with Gasteiger partial charge in [0.15, 0.2) is 0 Å². The average Bonchev–Trinajstić information content (AvgIpc) is 2.44. The third kappa shape index (κ3) is 4.09. The highest BCUT2D eigenvalue weighted by molar-refractivity contribution is 5.97. The van der Waals surface area contributed by atoms with Crippen LogP contribution in [0.1, 0.15) is 51.5 Å². The minimum Gasteiger partial charge on any atom is -0.396 e. The Morgan fingerprint density at radius 2 is 2.00 bits per heavy atom. The van der Waals surface area contributed by atoms with Crippen molar-refractivity contribution < 1.29 is 4.79 Å². The Hall–Kier alpha value is -1.52. The third-order valence-electron chi connectivity index (χ3n) is 2.32. The highest BCUT2D eigenvalue weighted by atomic mass is 16.2. The van der Waals surface area contributed by atoms with Crippen molar-refractivity contribution in [2.24, 2.45) is 5.41 Å². The van der Waals surface area contributed by atoms with E-state index in [1.807, 2.05) is 13.8 Å². The number of carbonyl (C=O) groups is 1. The van der Waals surface area contributed by atoms with Gasteiger partial charge in [0, 0.05) is 5.54 Å². The lowest BCUT2D eigenvalue weighted by Gasteiger charge is -2.33. The van der Waals surface area contributed by atoms with E-state index in [2.05, 4.69) is 36.3 Å². The van der Waals surface area contributed by atoms with E-state index in [0.717, 1.165) is 6.42 Å². The van der Waals surface area contributed by atoms with Crippen molar-refractivity contribution in [3.63, 3.8) is 0 Å². The normalized spacial score (nSPS) is 12.5. The van der Waals surface area contributed by atoms with Crippen LogP contribution in [-0.2, 0) is 0 Å². The molecule has 0 aliphatic rings. The van der Waals surface area contributed by atoms with Gasteiger partial charge in [0.1, 0.15) is 5.69 Å². The number of hydrogen-bond donors (Lipinski definition) is 3. The first-order valence-corrected chi connectivity index (χ1v) is 5.72. The van der Waals surface area contributed by atoms with Gasteiger partial charge in [0.25, 0.3) is 5.91 Å². The van der Waals surface area contributed by atoms with Crippen molar-refractivity contribution >= 4 is 11.6 Å². The second-order valence-corrected chi connectivity index (χ2v) is 6.28. The van der Waals surface area contributed by atoms with Crippen molar-refractivity contribution in [1.29, 1.82) is 0 Å². The van der Waals surface area contributed by atoms with E-state index in [1.165, 1.54) is 6.20 Å². The van der Waals surface area contributed by atoms with E-state index in [0.29, 0.717) is 11.4 Å². The monoisotopic (exact) mass is 238 g/mol. The van der Waals surface area contributed by atoms with Crippen molar-refractivity contribution in [3.8, 4) is 0 Å². The zero-order chi connectivity index (χ0) is 13.3. The molecule has 0 radical (unpaired) electrons. The summed E-state index contributed by atoms with van der Waals surface area (Å²) in [7, 11) is 0. The number of nitrogens with one attached hydrogen (secondary N) is 2. The average molecular weight is 238 g/mol. The van der Waals surface area contributed by atoms with E-state index in [9.17, 15) is 4.79 Å². The SMILES string of the molecule is CC(C)(C)CC(C)(C)NC(=O)c1[nH]ncc1N. The summed E-state index contributed by atoms with van der Waals surface area (Å²) in [4.78, 5) is 12.0. The van der Waals surface area contributed by atoms with E-state index in [1.54, 1.807) is 0 Å². The van der Waals surface area contributed by atoms with Gasteiger partial charge in [-0.15, -0.1) is 0 Å². The van der Waals surface area contributed by atoms with Gasteiger partial charge in [-0.3, -0.25) is 9.89 Å². The van der Waals surface area contributed by atoms with E-state index < -0.39 is 0 Å². The van der Waals surface area contributed by atoms with Crippen LogP contribution in [0.3, 0.4) is 0 Å². The summed E-state index contributed by atoms with van der Waals surface area (Å²) in [6, 6.07) is 0. The lowest BCUT2D eigenvalue weighted by atomic mass is 9.82. The third-order valence-corrected chi connectivity index (χ3v) is 2.32.